The Kier molecular flexibility index (Phi) is 4.95. The number of alkyl halides is 3. The number of hydrogen-bond donors (Lipinski definition) is 0. The van der Waals surface area contributed by atoms with Crippen molar-refractivity contribution >= 4 is 5.91 Å². The van der Waals surface area contributed by atoms with E-state index in [-0.39, 0.29) is 13.1 Å². The molecule has 0 heterocycles. The summed E-state index contributed by atoms with van der Waals surface area (Å²) in [6.45, 7) is 3.27. The number of halogens is 3. The molecule has 0 aromatic heterocycles. The van der Waals surface area contributed by atoms with Crippen molar-refractivity contribution in [1.82, 2.24) is 4.90 Å². The summed E-state index contributed by atoms with van der Waals surface area (Å²) in [5.74, 6) is -1.82. The Bertz CT molecular complexity index is 400. The average Bonchev–Trinajstić information content (AvgIpc) is 2.34. The van der Waals surface area contributed by atoms with E-state index in [0.29, 0.717) is 6.42 Å². The largest absolute Gasteiger partial charge is 0.471 e. The van der Waals surface area contributed by atoms with Gasteiger partial charge in [-0.05, 0) is 12.0 Å². The molecule has 0 N–H and O–H groups in total. The van der Waals surface area contributed by atoms with Gasteiger partial charge in [0.1, 0.15) is 0 Å². The fourth-order valence-electron chi connectivity index (χ4n) is 1.52. The maximum absolute atomic E-state index is 12.3. The molecule has 0 saturated carbocycles. The molecule has 0 fully saturated rings. The second-order valence-electron chi connectivity index (χ2n) is 3.77. The average molecular weight is 257 g/mol. The second kappa shape index (κ2) is 6.23. The Balaban J connectivity index is 2.64. The van der Waals surface area contributed by atoms with Gasteiger partial charge in [0.2, 0.25) is 0 Å². The minimum Gasteiger partial charge on any atom is -0.331 e. The minimum absolute atomic E-state index is 0.0222. The molecule has 2 nitrogen and oxygen atoms in total. The second-order valence-corrected chi connectivity index (χ2v) is 3.77. The molecular formula is C13H14F3NO. The molecular weight excluding hydrogens is 243 g/mol. The fraction of sp³-hybridized carbons (Fsp3) is 0.308. The van der Waals surface area contributed by atoms with Gasteiger partial charge in [0.25, 0.3) is 0 Å². The van der Waals surface area contributed by atoms with E-state index in [0.717, 1.165) is 10.5 Å². The Hall–Kier alpha value is -1.78. The Morgan fingerprint density at radius 2 is 1.89 bits per heavy atom. The fourth-order valence-corrected chi connectivity index (χ4v) is 1.52. The Morgan fingerprint density at radius 1 is 1.28 bits per heavy atom. The third-order valence-electron chi connectivity index (χ3n) is 2.39. The van der Waals surface area contributed by atoms with Crippen LogP contribution in [0.15, 0.2) is 43.0 Å². The lowest BCUT2D eigenvalue weighted by Crippen LogP contribution is -2.42. The molecule has 1 aromatic rings. The van der Waals surface area contributed by atoms with Gasteiger partial charge in [0.15, 0.2) is 0 Å². The van der Waals surface area contributed by atoms with Gasteiger partial charge in [0.05, 0.1) is 0 Å². The number of carbonyl (C=O) groups is 1. The lowest BCUT2D eigenvalue weighted by atomic mass is 10.1. The summed E-state index contributed by atoms with van der Waals surface area (Å²) in [5.41, 5.74) is 0.890. The van der Waals surface area contributed by atoms with Gasteiger partial charge >= 0.3 is 12.1 Å². The zero-order chi connectivity index (χ0) is 13.6. The van der Waals surface area contributed by atoms with Crippen molar-refractivity contribution in [2.24, 2.45) is 0 Å². The summed E-state index contributed by atoms with van der Waals surface area (Å²) in [6.07, 6.45) is -3.16. The predicted octanol–water partition coefficient (Wildman–Crippen LogP) is 2.81. The molecule has 1 aromatic carbocycles. The van der Waals surface area contributed by atoms with E-state index in [9.17, 15) is 18.0 Å². The first-order chi connectivity index (χ1) is 8.45. The molecule has 0 unspecified atom stereocenters. The SMILES string of the molecule is C=CCN(CCc1ccccc1)C(=O)C(F)(F)F. The highest BCUT2D eigenvalue weighted by molar-refractivity contribution is 5.82. The molecule has 0 saturated heterocycles. The van der Waals surface area contributed by atoms with Crippen LogP contribution in [0.5, 0.6) is 0 Å². The molecule has 1 rings (SSSR count). The summed E-state index contributed by atoms with van der Waals surface area (Å²) < 4.78 is 37.0. The van der Waals surface area contributed by atoms with Crippen LogP contribution in [0.25, 0.3) is 0 Å². The lowest BCUT2D eigenvalue weighted by Gasteiger charge is -2.22. The highest BCUT2D eigenvalue weighted by atomic mass is 19.4. The van der Waals surface area contributed by atoms with Crippen LogP contribution in [0, 0.1) is 0 Å². The van der Waals surface area contributed by atoms with Crippen molar-refractivity contribution < 1.29 is 18.0 Å². The van der Waals surface area contributed by atoms with Gasteiger partial charge in [-0.25, -0.2) is 0 Å². The zero-order valence-corrected chi connectivity index (χ0v) is 9.78. The van der Waals surface area contributed by atoms with Crippen LogP contribution in [0.3, 0.4) is 0 Å². The number of nitrogens with zero attached hydrogens (tertiary/aromatic N) is 1. The third-order valence-corrected chi connectivity index (χ3v) is 2.39. The Labute approximate surface area is 104 Å². The zero-order valence-electron chi connectivity index (χ0n) is 9.78. The standard InChI is InChI=1S/C13H14F3NO/c1-2-9-17(12(18)13(14,15)16)10-8-11-6-4-3-5-7-11/h2-7H,1,8-10H2. The molecule has 0 radical (unpaired) electrons. The minimum atomic E-state index is -4.83. The van der Waals surface area contributed by atoms with Gasteiger partial charge in [-0.1, -0.05) is 36.4 Å². The van der Waals surface area contributed by atoms with Crippen LogP contribution in [0.1, 0.15) is 5.56 Å². The Morgan fingerprint density at radius 3 is 2.39 bits per heavy atom. The van der Waals surface area contributed by atoms with Crippen molar-refractivity contribution in [1.29, 1.82) is 0 Å². The third kappa shape index (κ3) is 4.24. The van der Waals surface area contributed by atoms with Crippen LogP contribution < -0.4 is 0 Å². The summed E-state index contributed by atoms with van der Waals surface area (Å²) in [6, 6.07) is 9.05. The molecule has 0 aliphatic carbocycles. The smallest absolute Gasteiger partial charge is 0.331 e. The maximum Gasteiger partial charge on any atom is 0.471 e. The summed E-state index contributed by atoms with van der Waals surface area (Å²) in [5, 5.41) is 0. The molecule has 0 atom stereocenters. The van der Waals surface area contributed by atoms with E-state index in [2.05, 4.69) is 6.58 Å². The van der Waals surface area contributed by atoms with Crippen molar-refractivity contribution in [3.8, 4) is 0 Å². The first kappa shape index (κ1) is 14.3. The highest BCUT2D eigenvalue weighted by Gasteiger charge is 2.41. The first-order valence-electron chi connectivity index (χ1n) is 5.46. The van der Waals surface area contributed by atoms with Crippen LogP contribution in [-0.2, 0) is 11.2 Å². The quantitative estimate of drug-likeness (QED) is 0.743. The summed E-state index contributed by atoms with van der Waals surface area (Å²) in [7, 11) is 0. The van der Waals surface area contributed by atoms with Gasteiger partial charge in [-0.2, -0.15) is 13.2 Å². The van der Waals surface area contributed by atoms with E-state index in [1.54, 1.807) is 12.1 Å². The highest BCUT2D eigenvalue weighted by Crippen LogP contribution is 2.18. The molecule has 18 heavy (non-hydrogen) atoms. The number of benzene rings is 1. The summed E-state index contributed by atoms with van der Waals surface area (Å²) >= 11 is 0. The van der Waals surface area contributed by atoms with Crippen LogP contribution in [0.2, 0.25) is 0 Å². The molecule has 5 heteroatoms. The first-order valence-corrected chi connectivity index (χ1v) is 5.46. The van der Waals surface area contributed by atoms with E-state index >= 15 is 0 Å². The predicted molar refractivity (Wildman–Crippen MR) is 63.0 cm³/mol. The number of hydrogen-bond acceptors (Lipinski definition) is 1. The number of rotatable bonds is 5. The van der Waals surface area contributed by atoms with E-state index in [1.807, 2.05) is 18.2 Å². The summed E-state index contributed by atoms with van der Waals surface area (Å²) in [4.78, 5) is 11.9. The number of carbonyl (C=O) groups excluding carboxylic acids is 1. The van der Waals surface area contributed by atoms with Crippen LogP contribution >= 0.6 is 0 Å². The molecule has 0 aliphatic heterocycles. The van der Waals surface area contributed by atoms with Crippen molar-refractivity contribution in [2.75, 3.05) is 13.1 Å². The molecule has 0 spiro atoms. The molecule has 0 bridgehead atoms. The molecule has 1 amide bonds. The topological polar surface area (TPSA) is 20.3 Å². The van der Waals surface area contributed by atoms with Crippen LogP contribution in [0.4, 0.5) is 13.2 Å². The van der Waals surface area contributed by atoms with Gasteiger partial charge in [0, 0.05) is 13.1 Å². The van der Waals surface area contributed by atoms with E-state index < -0.39 is 12.1 Å². The van der Waals surface area contributed by atoms with E-state index in [4.69, 9.17) is 0 Å². The van der Waals surface area contributed by atoms with Crippen molar-refractivity contribution in [2.45, 2.75) is 12.6 Å². The van der Waals surface area contributed by atoms with E-state index in [1.165, 1.54) is 6.08 Å². The monoisotopic (exact) mass is 257 g/mol. The molecule has 0 aliphatic rings. The van der Waals surface area contributed by atoms with Crippen molar-refractivity contribution in [3.63, 3.8) is 0 Å². The van der Waals surface area contributed by atoms with Crippen molar-refractivity contribution in [3.05, 3.63) is 48.6 Å². The van der Waals surface area contributed by atoms with Gasteiger partial charge in [-0.3, -0.25) is 4.79 Å². The number of amides is 1. The maximum atomic E-state index is 12.3. The molecule has 98 valence electrons. The lowest BCUT2D eigenvalue weighted by molar-refractivity contribution is -0.184. The van der Waals surface area contributed by atoms with Gasteiger partial charge in [-0.15, -0.1) is 6.58 Å². The van der Waals surface area contributed by atoms with Gasteiger partial charge < -0.3 is 4.90 Å². The van der Waals surface area contributed by atoms with Crippen LogP contribution in [-0.4, -0.2) is 30.1 Å². The normalized spacial score (nSPS) is 11.1.